The standard InChI is InChI=1S/C12H8F3N3O2/c13-6-3-5(4-7(14)10(6)15)17-11-8(16)1-2-9(18-11)12(19)20/h1-4H,16H2,(H,17,18)(H,19,20). The van der Waals surface area contributed by atoms with Gasteiger partial charge in [0.2, 0.25) is 0 Å². The van der Waals surface area contributed by atoms with Crippen LogP contribution in [0.5, 0.6) is 0 Å². The highest BCUT2D eigenvalue weighted by atomic mass is 19.2. The Bertz CT molecular complexity index is 669. The van der Waals surface area contributed by atoms with Gasteiger partial charge in [-0.1, -0.05) is 0 Å². The number of halogens is 3. The molecule has 0 saturated carbocycles. The van der Waals surface area contributed by atoms with Gasteiger partial charge >= 0.3 is 5.97 Å². The fourth-order valence-electron chi connectivity index (χ4n) is 1.45. The number of hydrogen-bond donors (Lipinski definition) is 3. The van der Waals surface area contributed by atoms with Gasteiger partial charge in [-0.25, -0.2) is 22.9 Å². The molecule has 0 saturated heterocycles. The number of carboxylic acid groups (broad SMARTS) is 1. The van der Waals surface area contributed by atoms with Crippen LogP contribution in [0.4, 0.5) is 30.4 Å². The second-order valence-electron chi connectivity index (χ2n) is 3.82. The van der Waals surface area contributed by atoms with Gasteiger partial charge in [-0.05, 0) is 12.1 Å². The summed E-state index contributed by atoms with van der Waals surface area (Å²) in [6, 6.07) is 3.85. The van der Waals surface area contributed by atoms with E-state index in [1.54, 1.807) is 0 Å². The Morgan fingerprint density at radius 3 is 2.35 bits per heavy atom. The average Bonchev–Trinajstić information content (AvgIpc) is 2.38. The highest BCUT2D eigenvalue weighted by molar-refractivity contribution is 5.87. The number of hydrogen-bond acceptors (Lipinski definition) is 4. The van der Waals surface area contributed by atoms with E-state index in [1.807, 2.05) is 0 Å². The number of rotatable bonds is 3. The van der Waals surface area contributed by atoms with Crippen LogP contribution in [0, 0.1) is 17.5 Å². The molecule has 0 bridgehead atoms. The Morgan fingerprint density at radius 2 is 1.80 bits per heavy atom. The van der Waals surface area contributed by atoms with Crippen molar-refractivity contribution in [3.63, 3.8) is 0 Å². The van der Waals surface area contributed by atoms with E-state index in [2.05, 4.69) is 10.3 Å². The number of nitrogens with two attached hydrogens (primary N) is 1. The summed E-state index contributed by atoms with van der Waals surface area (Å²) in [5.74, 6) is -5.77. The van der Waals surface area contributed by atoms with E-state index >= 15 is 0 Å². The minimum absolute atomic E-state index is 0.0696. The zero-order valence-corrected chi connectivity index (χ0v) is 9.82. The van der Waals surface area contributed by atoms with E-state index in [0.717, 1.165) is 0 Å². The van der Waals surface area contributed by atoms with Crippen LogP contribution in [0.2, 0.25) is 0 Å². The zero-order chi connectivity index (χ0) is 14.9. The summed E-state index contributed by atoms with van der Waals surface area (Å²) in [7, 11) is 0. The molecule has 20 heavy (non-hydrogen) atoms. The Kier molecular flexibility index (Phi) is 3.47. The first-order chi connectivity index (χ1) is 9.38. The number of nitrogen functional groups attached to an aromatic ring is 1. The predicted molar refractivity (Wildman–Crippen MR) is 65.2 cm³/mol. The van der Waals surface area contributed by atoms with Crippen molar-refractivity contribution in [2.45, 2.75) is 0 Å². The fourth-order valence-corrected chi connectivity index (χ4v) is 1.45. The molecular formula is C12H8F3N3O2. The molecule has 0 unspecified atom stereocenters. The van der Waals surface area contributed by atoms with Gasteiger partial charge in [-0.15, -0.1) is 0 Å². The number of carboxylic acids is 1. The first-order valence-electron chi connectivity index (χ1n) is 5.30. The first-order valence-corrected chi connectivity index (χ1v) is 5.30. The van der Waals surface area contributed by atoms with Crippen LogP contribution in [0.25, 0.3) is 0 Å². The molecule has 0 spiro atoms. The van der Waals surface area contributed by atoms with Crippen molar-refractivity contribution in [1.29, 1.82) is 0 Å². The Hall–Kier alpha value is -2.77. The highest BCUT2D eigenvalue weighted by Crippen LogP contribution is 2.24. The van der Waals surface area contributed by atoms with Crippen molar-refractivity contribution in [2.24, 2.45) is 0 Å². The van der Waals surface area contributed by atoms with E-state index in [4.69, 9.17) is 10.8 Å². The quantitative estimate of drug-likeness (QED) is 0.753. The molecule has 0 fully saturated rings. The molecule has 1 heterocycles. The number of carbonyl (C=O) groups is 1. The van der Waals surface area contributed by atoms with Crippen LogP contribution < -0.4 is 11.1 Å². The predicted octanol–water partition coefficient (Wildman–Crippen LogP) is 2.52. The molecule has 0 atom stereocenters. The van der Waals surface area contributed by atoms with Crippen molar-refractivity contribution in [1.82, 2.24) is 4.98 Å². The van der Waals surface area contributed by atoms with Crippen LogP contribution in [-0.2, 0) is 0 Å². The smallest absolute Gasteiger partial charge is 0.354 e. The van der Waals surface area contributed by atoms with Crippen molar-refractivity contribution in [2.75, 3.05) is 11.1 Å². The molecule has 0 radical (unpaired) electrons. The maximum atomic E-state index is 13.1. The zero-order valence-electron chi connectivity index (χ0n) is 9.82. The molecule has 0 aliphatic carbocycles. The number of pyridine rings is 1. The number of nitrogens with zero attached hydrogens (tertiary/aromatic N) is 1. The van der Waals surface area contributed by atoms with Crippen LogP contribution in [0.1, 0.15) is 10.5 Å². The van der Waals surface area contributed by atoms with E-state index in [9.17, 15) is 18.0 Å². The second kappa shape index (κ2) is 5.08. The maximum Gasteiger partial charge on any atom is 0.354 e. The van der Waals surface area contributed by atoms with E-state index in [-0.39, 0.29) is 22.9 Å². The molecular weight excluding hydrogens is 275 g/mol. The molecule has 4 N–H and O–H groups in total. The summed E-state index contributed by atoms with van der Waals surface area (Å²) in [6.07, 6.45) is 0. The molecule has 2 aromatic rings. The van der Waals surface area contributed by atoms with Crippen LogP contribution in [0.15, 0.2) is 24.3 Å². The summed E-state index contributed by atoms with van der Waals surface area (Å²) in [5, 5.41) is 11.2. The molecule has 1 aromatic heterocycles. The number of nitrogens with one attached hydrogen (secondary N) is 1. The van der Waals surface area contributed by atoms with Crippen molar-refractivity contribution >= 4 is 23.2 Å². The summed E-state index contributed by atoms with van der Waals surface area (Å²) >= 11 is 0. The van der Waals surface area contributed by atoms with E-state index in [0.29, 0.717) is 12.1 Å². The minimum Gasteiger partial charge on any atom is -0.477 e. The molecule has 0 amide bonds. The number of aromatic nitrogens is 1. The molecule has 2 rings (SSSR count). The third-order valence-corrected chi connectivity index (χ3v) is 2.39. The van der Waals surface area contributed by atoms with E-state index in [1.165, 1.54) is 12.1 Å². The largest absolute Gasteiger partial charge is 0.477 e. The third kappa shape index (κ3) is 2.63. The minimum atomic E-state index is -1.60. The summed E-state index contributed by atoms with van der Waals surface area (Å²) < 4.78 is 38.9. The van der Waals surface area contributed by atoms with Crippen molar-refractivity contribution < 1.29 is 23.1 Å². The normalized spacial score (nSPS) is 10.3. The molecule has 0 aliphatic rings. The van der Waals surface area contributed by atoms with Crippen LogP contribution >= 0.6 is 0 Å². The van der Waals surface area contributed by atoms with Crippen molar-refractivity contribution in [3.05, 3.63) is 47.4 Å². The summed E-state index contributed by atoms with van der Waals surface area (Å²) in [5.41, 5.74) is 5.18. The summed E-state index contributed by atoms with van der Waals surface area (Å²) in [4.78, 5) is 14.4. The Balaban J connectivity index is 2.39. The lowest BCUT2D eigenvalue weighted by atomic mass is 10.2. The number of benzene rings is 1. The second-order valence-corrected chi connectivity index (χ2v) is 3.82. The lowest BCUT2D eigenvalue weighted by molar-refractivity contribution is 0.0690. The first kappa shape index (κ1) is 13.7. The SMILES string of the molecule is Nc1ccc(C(=O)O)nc1Nc1cc(F)c(F)c(F)c1. The topological polar surface area (TPSA) is 88.2 Å². The molecule has 8 heteroatoms. The van der Waals surface area contributed by atoms with Gasteiger partial charge in [0.05, 0.1) is 5.69 Å². The van der Waals surface area contributed by atoms with Gasteiger partial charge in [-0.2, -0.15) is 0 Å². The molecule has 104 valence electrons. The summed E-state index contributed by atoms with van der Waals surface area (Å²) in [6.45, 7) is 0. The molecule has 5 nitrogen and oxygen atoms in total. The Labute approximate surface area is 110 Å². The lowest BCUT2D eigenvalue weighted by Crippen LogP contribution is -2.06. The number of aromatic carboxylic acids is 1. The van der Waals surface area contributed by atoms with Gasteiger partial charge in [-0.3, -0.25) is 0 Å². The van der Waals surface area contributed by atoms with Crippen LogP contribution in [0.3, 0.4) is 0 Å². The maximum absolute atomic E-state index is 13.1. The monoisotopic (exact) mass is 283 g/mol. The van der Waals surface area contributed by atoms with Crippen LogP contribution in [-0.4, -0.2) is 16.1 Å². The molecule has 0 aliphatic heterocycles. The van der Waals surface area contributed by atoms with Gasteiger partial charge in [0, 0.05) is 17.8 Å². The van der Waals surface area contributed by atoms with E-state index < -0.39 is 23.4 Å². The van der Waals surface area contributed by atoms with Gasteiger partial charge < -0.3 is 16.2 Å². The number of anilines is 3. The fraction of sp³-hybridized carbons (Fsp3) is 0. The van der Waals surface area contributed by atoms with Gasteiger partial charge in [0.15, 0.2) is 29.0 Å². The third-order valence-electron chi connectivity index (χ3n) is 2.39. The lowest BCUT2D eigenvalue weighted by Gasteiger charge is -2.09. The van der Waals surface area contributed by atoms with Gasteiger partial charge in [0.25, 0.3) is 0 Å². The molecule has 1 aromatic carbocycles. The Morgan fingerprint density at radius 1 is 1.20 bits per heavy atom. The average molecular weight is 283 g/mol. The van der Waals surface area contributed by atoms with Gasteiger partial charge in [0.1, 0.15) is 0 Å². The van der Waals surface area contributed by atoms with Crippen molar-refractivity contribution in [3.8, 4) is 0 Å². The highest BCUT2D eigenvalue weighted by Gasteiger charge is 2.13.